The summed E-state index contributed by atoms with van der Waals surface area (Å²) in [7, 11) is 4.01. The zero-order valence-corrected chi connectivity index (χ0v) is 20.0. The van der Waals surface area contributed by atoms with E-state index in [0.29, 0.717) is 31.0 Å². The van der Waals surface area contributed by atoms with Crippen LogP contribution in [0.25, 0.3) is 10.9 Å². The van der Waals surface area contributed by atoms with Crippen molar-refractivity contribution in [2.45, 2.75) is 51.5 Å². The number of hydrogen-bond acceptors (Lipinski definition) is 6. The molecule has 178 valence electrons. The number of aromatic nitrogens is 2. The van der Waals surface area contributed by atoms with Crippen molar-refractivity contribution in [1.82, 2.24) is 20.2 Å². The highest BCUT2D eigenvalue weighted by Crippen LogP contribution is 2.28. The summed E-state index contributed by atoms with van der Waals surface area (Å²) in [4.78, 5) is 37.4. The lowest BCUT2D eigenvalue weighted by Crippen LogP contribution is -2.43. The zero-order chi connectivity index (χ0) is 23.4. The van der Waals surface area contributed by atoms with Crippen LogP contribution in [0.4, 0.5) is 11.8 Å². The van der Waals surface area contributed by atoms with Crippen LogP contribution in [0.15, 0.2) is 24.3 Å². The van der Waals surface area contributed by atoms with E-state index in [0.717, 1.165) is 61.8 Å². The van der Waals surface area contributed by atoms with Gasteiger partial charge in [-0.2, -0.15) is 4.98 Å². The van der Waals surface area contributed by atoms with Crippen LogP contribution in [0, 0.1) is 11.8 Å². The Morgan fingerprint density at radius 3 is 2.39 bits per heavy atom. The van der Waals surface area contributed by atoms with Gasteiger partial charge in [-0.1, -0.05) is 12.1 Å². The van der Waals surface area contributed by atoms with Crippen molar-refractivity contribution in [2.75, 3.05) is 43.9 Å². The molecule has 2 aromatic rings. The number of nitrogens with one attached hydrogen (secondary N) is 2. The number of amides is 2. The molecule has 0 atom stereocenters. The van der Waals surface area contributed by atoms with Gasteiger partial charge in [-0.3, -0.25) is 9.59 Å². The first-order valence-electron chi connectivity index (χ1n) is 12.1. The largest absolute Gasteiger partial charge is 0.362 e. The average molecular weight is 453 g/mol. The molecule has 1 saturated carbocycles. The summed E-state index contributed by atoms with van der Waals surface area (Å²) in [6, 6.07) is 8.45. The molecule has 2 N–H and O–H groups in total. The van der Waals surface area contributed by atoms with Gasteiger partial charge >= 0.3 is 0 Å². The maximum atomic E-state index is 12.6. The SMILES string of the molecule is CC(=O)N1CCC(C(=O)NCC2CCC(Nc3nc(N(C)C)c4ccccc4n3)CC2)CC1. The number of nitrogens with zero attached hydrogens (tertiary/aromatic N) is 4. The number of likely N-dealkylation sites (tertiary alicyclic amines) is 1. The second-order valence-corrected chi connectivity index (χ2v) is 9.67. The fourth-order valence-corrected chi connectivity index (χ4v) is 5.00. The minimum absolute atomic E-state index is 0.0366. The highest BCUT2D eigenvalue weighted by Gasteiger charge is 2.27. The highest BCUT2D eigenvalue weighted by molar-refractivity contribution is 5.90. The van der Waals surface area contributed by atoms with Crippen LogP contribution >= 0.6 is 0 Å². The molecule has 1 aliphatic heterocycles. The smallest absolute Gasteiger partial charge is 0.225 e. The molecule has 8 nitrogen and oxygen atoms in total. The van der Waals surface area contributed by atoms with Gasteiger partial charge in [-0.15, -0.1) is 0 Å². The molecule has 1 aliphatic carbocycles. The molecule has 33 heavy (non-hydrogen) atoms. The molecule has 1 saturated heterocycles. The maximum Gasteiger partial charge on any atom is 0.225 e. The van der Waals surface area contributed by atoms with E-state index in [9.17, 15) is 9.59 Å². The molecular weight excluding hydrogens is 416 g/mol. The number of para-hydroxylation sites is 1. The lowest BCUT2D eigenvalue weighted by Gasteiger charge is -2.32. The summed E-state index contributed by atoms with van der Waals surface area (Å²) < 4.78 is 0. The molecule has 2 amide bonds. The number of anilines is 2. The quantitative estimate of drug-likeness (QED) is 0.700. The van der Waals surface area contributed by atoms with E-state index in [-0.39, 0.29) is 17.7 Å². The van der Waals surface area contributed by atoms with Crippen molar-refractivity contribution in [2.24, 2.45) is 11.8 Å². The molecule has 1 aromatic heterocycles. The Morgan fingerprint density at radius 2 is 1.73 bits per heavy atom. The summed E-state index contributed by atoms with van der Waals surface area (Å²) in [6.45, 7) is 3.72. The number of rotatable bonds is 6. The molecule has 0 unspecified atom stereocenters. The third-order valence-electron chi connectivity index (χ3n) is 7.06. The predicted octanol–water partition coefficient (Wildman–Crippen LogP) is 3.04. The molecular formula is C25H36N6O2. The van der Waals surface area contributed by atoms with Gasteiger partial charge in [0.15, 0.2) is 0 Å². The zero-order valence-electron chi connectivity index (χ0n) is 20.0. The Hall–Kier alpha value is -2.90. The Balaban J connectivity index is 1.24. The summed E-state index contributed by atoms with van der Waals surface area (Å²) in [5, 5.41) is 7.78. The van der Waals surface area contributed by atoms with Crippen LogP contribution in [0.3, 0.4) is 0 Å². The summed E-state index contributed by atoms with van der Waals surface area (Å²) >= 11 is 0. The summed E-state index contributed by atoms with van der Waals surface area (Å²) in [5.74, 6) is 2.42. The van der Waals surface area contributed by atoms with Gasteiger partial charge < -0.3 is 20.4 Å². The van der Waals surface area contributed by atoms with Crippen molar-refractivity contribution in [1.29, 1.82) is 0 Å². The third-order valence-corrected chi connectivity index (χ3v) is 7.06. The van der Waals surface area contributed by atoms with E-state index in [1.54, 1.807) is 6.92 Å². The van der Waals surface area contributed by atoms with E-state index >= 15 is 0 Å². The molecule has 4 rings (SSSR count). The summed E-state index contributed by atoms with van der Waals surface area (Å²) in [6.07, 6.45) is 5.78. The van der Waals surface area contributed by atoms with Crippen LogP contribution in [0.5, 0.6) is 0 Å². The van der Waals surface area contributed by atoms with Crippen LogP contribution in [-0.2, 0) is 9.59 Å². The van der Waals surface area contributed by atoms with Gasteiger partial charge in [-0.25, -0.2) is 4.98 Å². The van der Waals surface area contributed by atoms with Crippen LogP contribution in [-0.4, -0.2) is 66.5 Å². The van der Waals surface area contributed by atoms with E-state index in [1.807, 2.05) is 42.1 Å². The van der Waals surface area contributed by atoms with Crippen molar-refractivity contribution >= 4 is 34.5 Å². The first kappa shape index (κ1) is 23.3. The van der Waals surface area contributed by atoms with E-state index in [2.05, 4.69) is 16.7 Å². The molecule has 8 heteroatoms. The predicted molar refractivity (Wildman–Crippen MR) is 131 cm³/mol. The van der Waals surface area contributed by atoms with Crippen molar-refractivity contribution in [3.05, 3.63) is 24.3 Å². The van der Waals surface area contributed by atoms with Crippen molar-refractivity contribution in [3.63, 3.8) is 0 Å². The fraction of sp³-hybridized carbons (Fsp3) is 0.600. The minimum atomic E-state index is 0.0366. The van der Waals surface area contributed by atoms with Crippen LogP contribution < -0.4 is 15.5 Å². The van der Waals surface area contributed by atoms with Crippen LogP contribution in [0.1, 0.15) is 45.4 Å². The Kier molecular flexibility index (Phi) is 7.30. The molecule has 0 radical (unpaired) electrons. The molecule has 2 heterocycles. The Morgan fingerprint density at radius 1 is 1.03 bits per heavy atom. The van der Waals surface area contributed by atoms with Gasteiger partial charge in [0.1, 0.15) is 5.82 Å². The summed E-state index contributed by atoms with van der Waals surface area (Å²) in [5.41, 5.74) is 0.948. The topological polar surface area (TPSA) is 90.5 Å². The van der Waals surface area contributed by atoms with Crippen molar-refractivity contribution < 1.29 is 9.59 Å². The minimum Gasteiger partial charge on any atom is -0.362 e. The van der Waals surface area contributed by atoms with Gasteiger partial charge in [-0.05, 0) is 56.6 Å². The molecule has 0 bridgehead atoms. The normalized spacial score (nSPS) is 21.6. The second-order valence-electron chi connectivity index (χ2n) is 9.67. The number of hydrogen-bond donors (Lipinski definition) is 2. The fourth-order valence-electron chi connectivity index (χ4n) is 5.00. The van der Waals surface area contributed by atoms with Gasteiger partial charge in [0.25, 0.3) is 0 Å². The monoisotopic (exact) mass is 452 g/mol. The Labute approximate surface area is 196 Å². The second kappa shape index (κ2) is 10.4. The average Bonchev–Trinajstić information content (AvgIpc) is 2.83. The van der Waals surface area contributed by atoms with Crippen LogP contribution in [0.2, 0.25) is 0 Å². The van der Waals surface area contributed by atoms with E-state index in [4.69, 9.17) is 9.97 Å². The van der Waals surface area contributed by atoms with Crippen molar-refractivity contribution in [3.8, 4) is 0 Å². The van der Waals surface area contributed by atoms with Gasteiger partial charge in [0.2, 0.25) is 17.8 Å². The lowest BCUT2D eigenvalue weighted by molar-refractivity contribution is -0.134. The highest BCUT2D eigenvalue weighted by atomic mass is 16.2. The Bertz CT molecular complexity index is 978. The number of fused-ring (bicyclic) bond motifs is 1. The third kappa shape index (κ3) is 5.72. The standard InChI is InChI=1S/C25H36N6O2/c1-17(32)31-14-12-19(13-15-31)24(33)26-16-18-8-10-20(11-9-18)27-25-28-22-7-5-4-6-21(22)23(29-25)30(2)3/h4-7,18-20H,8-16H2,1-3H3,(H,26,33)(H,27,28,29). The molecule has 1 aromatic carbocycles. The van der Waals surface area contributed by atoms with Gasteiger partial charge in [0.05, 0.1) is 5.52 Å². The van der Waals surface area contributed by atoms with E-state index < -0.39 is 0 Å². The number of carbonyl (C=O) groups is 2. The molecule has 2 fully saturated rings. The molecule has 0 spiro atoms. The number of benzene rings is 1. The number of piperidine rings is 1. The van der Waals surface area contributed by atoms with E-state index in [1.165, 1.54) is 0 Å². The lowest BCUT2D eigenvalue weighted by atomic mass is 9.85. The first-order chi connectivity index (χ1) is 15.9. The first-order valence-corrected chi connectivity index (χ1v) is 12.1. The van der Waals surface area contributed by atoms with Gasteiger partial charge in [0, 0.05) is 58.0 Å². The molecule has 2 aliphatic rings. The maximum absolute atomic E-state index is 12.6. The number of carbonyl (C=O) groups excluding carboxylic acids is 2.